The maximum Gasteiger partial charge on any atom is 0.287 e. The summed E-state index contributed by atoms with van der Waals surface area (Å²) in [5.41, 5.74) is 5.06. The van der Waals surface area contributed by atoms with Gasteiger partial charge in [0.15, 0.2) is 0 Å². The van der Waals surface area contributed by atoms with Gasteiger partial charge in [0, 0.05) is 18.2 Å². The van der Waals surface area contributed by atoms with E-state index in [9.17, 15) is 14.4 Å². The molecule has 0 saturated heterocycles. The van der Waals surface area contributed by atoms with E-state index in [0.717, 1.165) is 5.56 Å². The molecule has 0 saturated carbocycles. The number of nitrogens with one attached hydrogen (secondary N) is 3. The van der Waals surface area contributed by atoms with Gasteiger partial charge in [0.1, 0.15) is 5.70 Å². The van der Waals surface area contributed by atoms with E-state index in [4.69, 9.17) is 0 Å². The number of allylic oxidation sites excluding steroid dienone is 1. The van der Waals surface area contributed by atoms with Crippen molar-refractivity contribution < 1.29 is 14.4 Å². The van der Waals surface area contributed by atoms with Crippen LogP contribution in [0, 0.1) is 0 Å². The maximum atomic E-state index is 12.4. The van der Waals surface area contributed by atoms with Crippen LogP contribution in [0.15, 0.2) is 71.0 Å². The monoisotopic (exact) mass is 378 g/mol. The van der Waals surface area contributed by atoms with E-state index in [0.29, 0.717) is 16.8 Å². The van der Waals surface area contributed by atoms with E-state index < -0.39 is 5.91 Å². The van der Waals surface area contributed by atoms with Gasteiger partial charge in [-0.3, -0.25) is 14.4 Å². The van der Waals surface area contributed by atoms with Crippen molar-refractivity contribution in [3.8, 4) is 0 Å². The van der Waals surface area contributed by atoms with Crippen molar-refractivity contribution in [2.75, 3.05) is 5.32 Å². The van der Waals surface area contributed by atoms with Crippen LogP contribution in [-0.4, -0.2) is 23.9 Å². The Morgan fingerprint density at radius 1 is 0.893 bits per heavy atom. The minimum Gasteiger partial charge on any atom is -0.326 e. The topological polar surface area (TPSA) is 99.7 Å². The molecular formula is C21H22N4O3. The molecule has 0 heterocycles. The summed E-state index contributed by atoms with van der Waals surface area (Å²) in [7, 11) is 0. The van der Waals surface area contributed by atoms with Gasteiger partial charge in [-0.05, 0) is 49.2 Å². The fourth-order valence-electron chi connectivity index (χ4n) is 2.26. The molecule has 0 radical (unpaired) electrons. The van der Waals surface area contributed by atoms with Crippen molar-refractivity contribution in [2.24, 2.45) is 5.10 Å². The second-order valence-corrected chi connectivity index (χ2v) is 6.20. The zero-order valence-corrected chi connectivity index (χ0v) is 15.9. The van der Waals surface area contributed by atoms with Crippen LogP contribution >= 0.6 is 0 Å². The molecule has 0 atom stereocenters. The number of carbonyl (C=O) groups excluding carboxylic acids is 3. The third-order valence-corrected chi connectivity index (χ3v) is 3.61. The standard InChI is InChI=1S/C21H22N4O3/c1-14(2)19(24-20(27)17-7-5-4-6-8-17)21(28)25-22-13-16-9-11-18(12-10-16)23-15(3)26/h4-13H,1-3H3,(H,23,26)(H,24,27)(H,25,28)/b22-13-. The summed E-state index contributed by atoms with van der Waals surface area (Å²) in [6.07, 6.45) is 1.47. The minimum atomic E-state index is -0.518. The van der Waals surface area contributed by atoms with E-state index in [1.165, 1.54) is 13.1 Å². The summed E-state index contributed by atoms with van der Waals surface area (Å²) in [4.78, 5) is 35.7. The van der Waals surface area contributed by atoms with Crippen molar-refractivity contribution in [1.29, 1.82) is 0 Å². The lowest BCUT2D eigenvalue weighted by Gasteiger charge is -2.10. The molecule has 7 nitrogen and oxygen atoms in total. The molecule has 0 aliphatic rings. The van der Waals surface area contributed by atoms with Crippen LogP contribution < -0.4 is 16.1 Å². The molecule has 0 fully saturated rings. The molecule has 2 aromatic carbocycles. The van der Waals surface area contributed by atoms with Crippen molar-refractivity contribution in [3.05, 3.63) is 77.0 Å². The van der Waals surface area contributed by atoms with Gasteiger partial charge in [-0.15, -0.1) is 0 Å². The first-order chi connectivity index (χ1) is 13.4. The van der Waals surface area contributed by atoms with Crippen molar-refractivity contribution in [1.82, 2.24) is 10.7 Å². The molecule has 0 aliphatic carbocycles. The molecule has 0 aliphatic heterocycles. The third kappa shape index (κ3) is 6.21. The first-order valence-corrected chi connectivity index (χ1v) is 8.61. The van der Waals surface area contributed by atoms with Crippen LogP contribution in [0.1, 0.15) is 36.7 Å². The van der Waals surface area contributed by atoms with E-state index in [-0.39, 0.29) is 17.5 Å². The molecule has 28 heavy (non-hydrogen) atoms. The first-order valence-electron chi connectivity index (χ1n) is 8.61. The van der Waals surface area contributed by atoms with Gasteiger partial charge < -0.3 is 10.6 Å². The number of benzene rings is 2. The Kier molecular flexibility index (Phi) is 7.21. The molecule has 7 heteroatoms. The Balaban J connectivity index is 1.99. The summed E-state index contributed by atoms with van der Waals surface area (Å²) in [6.45, 7) is 4.89. The van der Waals surface area contributed by atoms with Gasteiger partial charge in [0.05, 0.1) is 6.21 Å². The highest BCUT2D eigenvalue weighted by molar-refractivity contribution is 6.03. The third-order valence-electron chi connectivity index (χ3n) is 3.61. The number of amides is 3. The summed E-state index contributed by atoms with van der Waals surface area (Å²) in [6, 6.07) is 15.6. The molecule has 0 aromatic heterocycles. The Bertz CT molecular complexity index is 912. The number of anilines is 1. The lowest BCUT2D eigenvalue weighted by molar-refractivity contribution is -0.118. The minimum absolute atomic E-state index is 0.145. The van der Waals surface area contributed by atoms with Gasteiger partial charge in [-0.1, -0.05) is 30.3 Å². The second-order valence-electron chi connectivity index (χ2n) is 6.20. The van der Waals surface area contributed by atoms with Gasteiger partial charge in [-0.2, -0.15) is 5.10 Å². The van der Waals surface area contributed by atoms with Crippen LogP contribution in [0.25, 0.3) is 0 Å². The van der Waals surface area contributed by atoms with E-state index >= 15 is 0 Å². The van der Waals surface area contributed by atoms with Crippen LogP contribution in [-0.2, 0) is 9.59 Å². The molecular weight excluding hydrogens is 356 g/mol. The quantitative estimate of drug-likeness (QED) is 0.409. The highest BCUT2D eigenvalue weighted by Crippen LogP contribution is 2.08. The average Bonchev–Trinajstić information content (AvgIpc) is 2.67. The van der Waals surface area contributed by atoms with Crippen LogP contribution in [0.4, 0.5) is 5.69 Å². The van der Waals surface area contributed by atoms with Crippen LogP contribution in [0.3, 0.4) is 0 Å². The van der Waals surface area contributed by atoms with Gasteiger partial charge >= 0.3 is 0 Å². The summed E-state index contributed by atoms with van der Waals surface area (Å²) < 4.78 is 0. The highest BCUT2D eigenvalue weighted by atomic mass is 16.2. The van der Waals surface area contributed by atoms with Gasteiger partial charge in [0.25, 0.3) is 11.8 Å². The lowest BCUT2D eigenvalue weighted by Crippen LogP contribution is -2.33. The van der Waals surface area contributed by atoms with Crippen molar-refractivity contribution >= 4 is 29.6 Å². The molecule has 2 aromatic rings. The molecule has 2 rings (SSSR count). The van der Waals surface area contributed by atoms with Gasteiger partial charge in [-0.25, -0.2) is 5.43 Å². The lowest BCUT2D eigenvalue weighted by atomic mass is 10.2. The van der Waals surface area contributed by atoms with E-state index in [1.807, 2.05) is 6.07 Å². The summed E-state index contributed by atoms with van der Waals surface area (Å²) in [5.74, 6) is -1.04. The Labute approximate surface area is 163 Å². The fourth-order valence-corrected chi connectivity index (χ4v) is 2.26. The predicted molar refractivity (Wildman–Crippen MR) is 109 cm³/mol. The Morgan fingerprint density at radius 2 is 1.54 bits per heavy atom. The number of hydrazone groups is 1. The number of rotatable bonds is 6. The molecule has 0 bridgehead atoms. The fraction of sp³-hybridized carbons (Fsp3) is 0.143. The van der Waals surface area contributed by atoms with Crippen molar-refractivity contribution in [3.63, 3.8) is 0 Å². The second kappa shape index (κ2) is 9.82. The SMILES string of the molecule is CC(=O)Nc1ccc(/C=N\NC(=O)C(NC(=O)c2ccccc2)=C(C)C)cc1. The predicted octanol–water partition coefficient (Wildman–Crippen LogP) is 2.82. The number of carbonyl (C=O) groups is 3. The summed E-state index contributed by atoms with van der Waals surface area (Å²) in [5, 5.41) is 9.21. The molecule has 144 valence electrons. The van der Waals surface area contributed by atoms with E-state index in [1.54, 1.807) is 62.4 Å². The average molecular weight is 378 g/mol. The molecule has 0 spiro atoms. The maximum absolute atomic E-state index is 12.4. The van der Waals surface area contributed by atoms with Crippen LogP contribution in [0.2, 0.25) is 0 Å². The van der Waals surface area contributed by atoms with Crippen LogP contribution in [0.5, 0.6) is 0 Å². The zero-order valence-electron chi connectivity index (χ0n) is 15.9. The molecule has 3 amide bonds. The largest absolute Gasteiger partial charge is 0.326 e. The smallest absolute Gasteiger partial charge is 0.287 e. The Morgan fingerprint density at radius 3 is 2.11 bits per heavy atom. The first kappa shape index (κ1) is 20.6. The highest BCUT2D eigenvalue weighted by Gasteiger charge is 2.15. The number of nitrogens with zero attached hydrogens (tertiary/aromatic N) is 1. The summed E-state index contributed by atoms with van der Waals surface area (Å²) >= 11 is 0. The van der Waals surface area contributed by atoms with Gasteiger partial charge in [0.2, 0.25) is 5.91 Å². The normalized spacial score (nSPS) is 10.2. The van der Waals surface area contributed by atoms with E-state index in [2.05, 4.69) is 21.2 Å². The number of hydrogen-bond donors (Lipinski definition) is 3. The van der Waals surface area contributed by atoms with Crippen molar-refractivity contribution in [2.45, 2.75) is 20.8 Å². The zero-order chi connectivity index (χ0) is 20.5. The molecule has 0 unspecified atom stereocenters. The molecule has 3 N–H and O–H groups in total. The Hall–Kier alpha value is -3.74. The number of hydrogen-bond acceptors (Lipinski definition) is 4.